The Kier molecular flexibility index (Phi) is 10.4. The Morgan fingerprint density at radius 3 is 2.38 bits per heavy atom. The maximum atomic E-state index is 13.4. The Balaban J connectivity index is 1.78. The van der Waals surface area contributed by atoms with Gasteiger partial charge in [0, 0.05) is 25.0 Å². The monoisotopic (exact) mass is 481 g/mol. The molecule has 2 rings (SSSR count). The van der Waals surface area contributed by atoms with Crippen LogP contribution in [0.25, 0.3) is 0 Å². The first-order valence-corrected chi connectivity index (χ1v) is 11.1. The van der Waals surface area contributed by atoms with Gasteiger partial charge in [-0.25, -0.2) is 9.18 Å². The molecular formula is C25H31F4N3O2. The van der Waals surface area contributed by atoms with Crippen molar-refractivity contribution in [1.29, 1.82) is 0 Å². The number of nitrogens with one attached hydrogen (secondary N) is 1. The third-order valence-corrected chi connectivity index (χ3v) is 5.20. The van der Waals surface area contributed by atoms with Crippen LogP contribution in [0.15, 0.2) is 55.1 Å². The number of carbonyl (C=O) groups is 1. The number of ether oxygens (including phenoxy) is 1. The summed E-state index contributed by atoms with van der Waals surface area (Å²) in [4.78, 5) is 15.9. The van der Waals surface area contributed by atoms with Crippen LogP contribution in [0, 0.1) is 5.82 Å². The zero-order chi connectivity index (χ0) is 25.1. The molecule has 2 aromatic carbocycles. The molecule has 0 heterocycles. The average molecular weight is 482 g/mol. The minimum absolute atomic E-state index is 0.155. The number of hydrogen-bond acceptors (Lipinski definition) is 3. The fraction of sp³-hybridized carbons (Fsp3) is 0.400. The fourth-order valence-corrected chi connectivity index (χ4v) is 3.25. The van der Waals surface area contributed by atoms with Gasteiger partial charge >= 0.3 is 12.2 Å². The second kappa shape index (κ2) is 13.0. The van der Waals surface area contributed by atoms with Crippen molar-refractivity contribution in [2.75, 3.05) is 44.0 Å². The Morgan fingerprint density at radius 2 is 1.74 bits per heavy atom. The topological polar surface area (TPSA) is 44.8 Å². The van der Waals surface area contributed by atoms with Crippen molar-refractivity contribution in [3.05, 3.63) is 66.5 Å². The van der Waals surface area contributed by atoms with Gasteiger partial charge in [-0.05, 0) is 68.9 Å². The van der Waals surface area contributed by atoms with Gasteiger partial charge in [0.15, 0.2) is 0 Å². The second-order valence-corrected chi connectivity index (χ2v) is 7.99. The lowest BCUT2D eigenvalue weighted by Crippen LogP contribution is -2.31. The third kappa shape index (κ3) is 8.70. The number of unbranched alkanes of at least 4 members (excludes halogenated alkanes) is 3. The summed E-state index contributed by atoms with van der Waals surface area (Å²) in [6.45, 7) is 6.24. The molecule has 0 bridgehead atoms. The minimum Gasteiger partial charge on any atom is -0.494 e. The smallest absolute Gasteiger partial charge is 0.419 e. The molecule has 0 saturated heterocycles. The second-order valence-electron chi connectivity index (χ2n) is 7.99. The number of anilines is 2. The van der Waals surface area contributed by atoms with Crippen LogP contribution < -0.4 is 15.0 Å². The van der Waals surface area contributed by atoms with Crippen molar-refractivity contribution in [1.82, 2.24) is 4.90 Å². The molecule has 0 aliphatic rings. The number of amides is 2. The number of halogens is 4. The number of rotatable bonds is 12. The van der Waals surface area contributed by atoms with E-state index in [0.717, 1.165) is 44.8 Å². The molecule has 5 nitrogen and oxygen atoms in total. The zero-order valence-electron chi connectivity index (χ0n) is 19.5. The predicted octanol–water partition coefficient (Wildman–Crippen LogP) is 6.57. The van der Waals surface area contributed by atoms with E-state index in [9.17, 15) is 22.4 Å². The van der Waals surface area contributed by atoms with E-state index in [0.29, 0.717) is 30.2 Å². The Labute approximate surface area is 198 Å². The van der Waals surface area contributed by atoms with E-state index in [1.807, 2.05) is 6.08 Å². The van der Waals surface area contributed by atoms with E-state index in [1.54, 1.807) is 24.3 Å². The number of alkyl halides is 3. The molecule has 0 atom stereocenters. The molecule has 0 aromatic heterocycles. The largest absolute Gasteiger partial charge is 0.494 e. The van der Waals surface area contributed by atoms with Gasteiger partial charge < -0.3 is 15.0 Å². The van der Waals surface area contributed by atoms with Crippen LogP contribution in [0.2, 0.25) is 0 Å². The van der Waals surface area contributed by atoms with Crippen LogP contribution in [-0.2, 0) is 6.18 Å². The van der Waals surface area contributed by atoms with Gasteiger partial charge in [-0.1, -0.05) is 18.9 Å². The zero-order valence-corrected chi connectivity index (χ0v) is 19.5. The Morgan fingerprint density at radius 1 is 1.06 bits per heavy atom. The van der Waals surface area contributed by atoms with Crippen LogP contribution in [0.3, 0.4) is 0 Å². The summed E-state index contributed by atoms with van der Waals surface area (Å²) >= 11 is 0. The molecule has 0 aliphatic carbocycles. The van der Waals surface area contributed by atoms with Crippen molar-refractivity contribution >= 4 is 17.4 Å². The molecule has 0 aliphatic heterocycles. The maximum absolute atomic E-state index is 13.4. The maximum Gasteiger partial charge on any atom is 0.419 e. The normalized spacial score (nSPS) is 11.4. The van der Waals surface area contributed by atoms with Crippen molar-refractivity contribution < 1.29 is 27.1 Å². The number of hydrogen-bond donors (Lipinski definition) is 1. The first-order valence-electron chi connectivity index (χ1n) is 11.1. The summed E-state index contributed by atoms with van der Waals surface area (Å²) in [5.74, 6) is -0.734. The van der Waals surface area contributed by atoms with E-state index in [-0.39, 0.29) is 5.69 Å². The highest BCUT2D eigenvalue weighted by molar-refractivity contribution is 6.01. The molecule has 0 spiro atoms. The van der Waals surface area contributed by atoms with Gasteiger partial charge in [-0.3, -0.25) is 4.90 Å². The number of urea groups is 1. The van der Waals surface area contributed by atoms with Crippen LogP contribution in [0.5, 0.6) is 5.75 Å². The Hall–Kier alpha value is -3.07. The highest BCUT2D eigenvalue weighted by Gasteiger charge is 2.34. The molecule has 1 N–H and O–H groups in total. The quantitative estimate of drug-likeness (QED) is 0.212. The molecule has 0 saturated carbocycles. The molecule has 34 heavy (non-hydrogen) atoms. The van der Waals surface area contributed by atoms with E-state index < -0.39 is 23.6 Å². The van der Waals surface area contributed by atoms with Crippen LogP contribution in [-0.4, -0.2) is 44.7 Å². The lowest BCUT2D eigenvalue weighted by atomic mass is 10.2. The molecule has 0 unspecified atom stereocenters. The van der Waals surface area contributed by atoms with Gasteiger partial charge in [0.1, 0.15) is 11.6 Å². The predicted molar refractivity (Wildman–Crippen MR) is 127 cm³/mol. The van der Waals surface area contributed by atoms with Crippen molar-refractivity contribution in [2.24, 2.45) is 0 Å². The third-order valence-electron chi connectivity index (χ3n) is 5.20. The first-order chi connectivity index (χ1) is 16.1. The molecular weight excluding hydrogens is 450 g/mol. The molecule has 0 radical (unpaired) electrons. The Bertz CT molecular complexity index is 933. The van der Waals surface area contributed by atoms with E-state index in [4.69, 9.17) is 4.74 Å². The van der Waals surface area contributed by atoms with Gasteiger partial charge in [0.05, 0.1) is 12.2 Å². The summed E-state index contributed by atoms with van der Waals surface area (Å²) in [5, 5.41) is 2.35. The van der Waals surface area contributed by atoms with Crippen molar-refractivity contribution in [3.8, 4) is 5.75 Å². The lowest BCUT2D eigenvalue weighted by Gasteiger charge is -2.19. The summed E-state index contributed by atoms with van der Waals surface area (Å²) in [7, 11) is 3.55. The van der Waals surface area contributed by atoms with E-state index in [2.05, 4.69) is 23.8 Å². The van der Waals surface area contributed by atoms with Gasteiger partial charge in [0.2, 0.25) is 0 Å². The van der Waals surface area contributed by atoms with E-state index >= 15 is 0 Å². The lowest BCUT2D eigenvalue weighted by molar-refractivity contribution is -0.139. The SMILES string of the molecule is C=CCN(C)CCCCCCOc1ccc(N(C)C(=O)Nc2ccc(F)c(C(F)(F)F)c2)cc1. The van der Waals surface area contributed by atoms with Gasteiger partial charge in [-0.15, -0.1) is 6.58 Å². The van der Waals surface area contributed by atoms with Crippen LogP contribution >= 0.6 is 0 Å². The standard InChI is InChI=1S/C25H31F4N3O2/c1-4-15-31(2)16-7-5-6-8-17-34-21-12-10-20(11-13-21)32(3)24(33)30-19-9-14-23(26)22(18-19)25(27,28)29/h4,9-14,18H,1,5-8,15-17H2,2-3H3,(H,30,33). The highest BCUT2D eigenvalue weighted by Crippen LogP contribution is 2.33. The molecule has 2 aromatic rings. The van der Waals surface area contributed by atoms with Gasteiger partial charge in [-0.2, -0.15) is 13.2 Å². The van der Waals surface area contributed by atoms with E-state index in [1.165, 1.54) is 11.9 Å². The summed E-state index contributed by atoms with van der Waals surface area (Å²) in [6, 6.07) is 8.46. The minimum atomic E-state index is -4.85. The fourth-order valence-electron chi connectivity index (χ4n) is 3.25. The average Bonchev–Trinajstić information content (AvgIpc) is 2.79. The number of benzene rings is 2. The molecule has 9 heteroatoms. The molecule has 186 valence electrons. The first kappa shape index (κ1) is 27.2. The van der Waals surface area contributed by atoms with Crippen LogP contribution in [0.4, 0.5) is 33.7 Å². The van der Waals surface area contributed by atoms with Crippen molar-refractivity contribution in [3.63, 3.8) is 0 Å². The highest BCUT2D eigenvalue weighted by atomic mass is 19.4. The summed E-state index contributed by atoms with van der Waals surface area (Å²) in [6.07, 6.45) is 1.30. The number of likely N-dealkylation sites (N-methyl/N-ethyl adjacent to an activating group) is 1. The number of carbonyl (C=O) groups excluding carboxylic acids is 1. The van der Waals surface area contributed by atoms with Gasteiger partial charge in [0.25, 0.3) is 0 Å². The molecule has 2 amide bonds. The summed E-state index contributed by atoms with van der Waals surface area (Å²) in [5.41, 5.74) is -1.07. The number of nitrogens with zero attached hydrogens (tertiary/aromatic N) is 2. The molecule has 0 fully saturated rings. The van der Waals surface area contributed by atoms with Crippen LogP contribution in [0.1, 0.15) is 31.2 Å². The van der Waals surface area contributed by atoms with Crippen molar-refractivity contribution in [2.45, 2.75) is 31.9 Å². The summed E-state index contributed by atoms with van der Waals surface area (Å²) < 4.78 is 57.8.